The largest absolute Gasteiger partial charge is 0.386 e. The van der Waals surface area contributed by atoms with Crippen molar-refractivity contribution in [1.82, 2.24) is 10.6 Å². The van der Waals surface area contributed by atoms with Gasteiger partial charge in [0.2, 0.25) is 0 Å². The maximum Gasteiger partial charge on any atom is 0.263 e. The quantitative estimate of drug-likeness (QED) is 0.626. The van der Waals surface area contributed by atoms with Crippen LogP contribution in [0.2, 0.25) is 0 Å². The zero-order valence-electron chi connectivity index (χ0n) is 11.5. The van der Waals surface area contributed by atoms with Gasteiger partial charge < -0.3 is 10.6 Å². The molecule has 0 saturated carbocycles. The van der Waals surface area contributed by atoms with Crippen LogP contribution in [0.3, 0.4) is 0 Å². The highest BCUT2D eigenvalue weighted by molar-refractivity contribution is 5.97. The number of hydrogen-bond acceptors (Lipinski definition) is 3. The van der Waals surface area contributed by atoms with Gasteiger partial charge in [-0.2, -0.15) is 5.26 Å². The van der Waals surface area contributed by atoms with Crippen molar-refractivity contribution in [1.29, 1.82) is 5.26 Å². The SMILES string of the molecule is Cc1ccccc1CN/C=C(/C#N)C(=O)NC(C)C. The summed E-state index contributed by atoms with van der Waals surface area (Å²) in [6.45, 7) is 6.32. The van der Waals surface area contributed by atoms with Crippen LogP contribution in [0, 0.1) is 18.3 Å². The second kappa shape index (κ2) is 7.22. The van der Waals surface area contributed by atoms with E-state index in [1.54, 1.807) is 0 Å². The molecule has 0 aliphatic rings. The number of rotatable bonds is 5. The summed E-state index contributed by atoms with van der Waals surface area (Å²) >= 11 is 0. The fourth-order valence-corrected chi connectivity index (χ4v) is 1.56. The molecule has 100 valence electrons. The number of hydrogen-bond donors (Lipinski definition) is 2. The van der Waals surface area contributed by atoms with Crippen LogP contribution in [-0.2, 0) is 11.3 Å². The first-order chi connectivity index (χ1) is 9.04. The minimum atomic E-state index is -0.352. The van der Waals surface area contributed by atoms with E-state index < -0.39 is 0 Å². The topological polar surface area (TPSA) is 64.9 Å². The molecule has 1 rings (SSSR count). The maximum absolute atomic E-state index is 11.7. The molecule has 0 heterocycles. The van der Waals surface area contributed by atoms with E-state index >= 15 is 0 Å². The third-order valence-electron chi connectivity index (χ3n) is 2.59. The van der Waals surface area contributed by atoms with Gasteiger partial charge in [-0.3, -0.25) is 4.79 Å². The molecule has 0 radical (unpaired) electrons. The summed E-state index contributed by atoms with van der Waals surface area (Å²) in [7, 11) is 0. The molecular formula is C15H19N3O. The number of benzene rings is 1. The van der Waals surface area contributed by atoms with Crippen LogP contribution < -0.4 is 10.6 Å². The molecule has 19 heavy (non-hydrogen) atoms. The Labute approximate surface area is 114 Å². The summed E-state index contributed by atoms with van der Waals surface area (Å²) in [6, 6.07) is 9.88. The van der Waals surface area contributed by atoms with Gasteiger partial charge in [-0.25, -0.2) is 0 Å². The van der Waals surface area contributed by atoms with Gasteiger partial charge in [0.05, 0.1) is 0 Å². The second-order valence-corrected chi connectivity index (χ2v) is 4.61. The lowest BCUT2D eigenvalue weighted by Gasteiger charge is -2.08. The molecule has 0 aromatic heterocycles. The van der Waals surface area contributed by atoms with Crippen molar-refractivity contribution in [3.63, 3.8) is 0 Å². The van der Waals surface area contributed by atoms with E-state index in [2.05, 4.69) is 10.6 Å². The fraction of sp³-hybridized carbons (Fsp3) is 0.333. The monoisotopic (exact) mass is 257 g/mol. The second-order valence-electron chi connectivity index (χ2n) is 4.61. The Hall–Kier alpha value is -2.28. The molecule has 4 heteroatoms. The van der Waals surface area contributed by atoms with E-state index in [1.165, 1.54) is 11.8 Å². The van der Waals surface area contributed by atoms with E-state index in [1.807, 2.05) is 51.1 Å². The first kappa shape index (κ1) is 14.8. The van der Waals surface area contributed by atoms with E-state index in [9.17, 15) is 4.79 Å². The van der Waals surface area contributed by atoms with Crippen molar-refractivity contribution in [3.8, 4) is 6.07 Å². The molecule has 1 amide bonds. The number of nitriles is 1. The molecule has 1 aromatic carbocycles. The number of aryl methyl sites for hydroxylation is 1. The molecular weight excluding hydrogens is 238 g/mol. The summed E-state index contributed by atoms with van der Waals surface area (Å²) in [5, 5.41) is 14.6. The lowest BCUT2D eigenvalue weighted by atomic mass is 10.1. The van der Waals surface area contributed by atoms with Gasteiger partial charge >= 0.3 is 0 Å². The Bertz CT molecular complexity index is 512. The van der Waals surface area contributed by atoms with Crippen LogP contribution in [0.25, 0.3) is 0 Å². The van der Waals surface area contributed by atoms with Gasteiger partial charge in [-0.05, 0) is 31.9 Å². The Kier molecular flexibility index (Phi) is 5.62. The van der Waals surface area contributed by atoms with Gasteiger partial charge in [-0.1, -0.05) is 24.3 Å². The molecule has 0 unspecified atom stereocenters. The number of amides is 1. The number of carbonyl (C=O) groups excluding carboxylic acids is 1. The van der Waals surface area contributed by atoms with Crippen molar-refractivity contribution >= 4 is 5.91 Å². The van der Waals surface area contributed by atoms with Crippen molar-refractivity contribution in [3.05, 3.63) is 47.2 Å². The predicted octanol–water partition coefficient (Wildman–Crippen LogP) is 2.02. The standard InChI is InChI=1S/C15H19N3O/c1-11(2)18-15(19)14(8-16)10-17-9-13-7-5-4-6-12(13)3/h4-7,10-11,17H,9H2,1-3H3,(H,18,19)/b14-10-. The normalized spacial score (nSPS) is 11.0. The minimum Gasteiger partial charge on any atom is -0.386 e. The minimum absolute atomic E-state index is 0.0145. The first-order valence-corrected chi connectivity index (χ1v) is 6.23. The van der Waals surface area contributed by atoms with Crippen LogP contribution in [0.15, 0.2) is 36.0 Å². The van der Waals surface area contributed by atoms with Crippen molar-refractivity contribution < 1.29 is 4.79 Å². The average molecular weight is 257 g/mol. The van der Waals surface area contributed by atoms with E-state index in [-0.39, 0.29) is 17.5 Å². The molecule has 0 aliphatic carbocycles. The van der Waals surface area contributed by atoms with E-state index in [0.717, 1.165) is 5.56 Å². The number of nitrogens with one attached hydrogen (secondary N) is 2. The molecule has 0 bridgehead atoms. The zero-order valence-corrected chi connectivity index (χ0v) is 11.5. The van der Waals surface area contributed by atoms with Crippen LogP contribution in [-0.4, -0.2) is 11.9 Å². The molecule has 0 saturated heterocycles. The molecule has 4 nitrogen and oxygen atoms in total. The van der Waals surface area contributed by atoms with Crippen molar-refractivity contribution in [2.75, 3.05) is 0 Å². The molecule has 0 spiro atoms. The lowest BCUT2D eigenvalue weighted by molar-refractivity contribution is -0.117. The van der Waals surface area contributed by atoms with Gasteiger partial charge in [-0.15, -0.1) is 0 Å². The van der Waals surface area contributed by atoms with E-state index in [0.29, 0.717) is 6.54 Å². The third kappa shape index (κ3) is 4.84. The maximum atomic E-state index is 11.7. The Morgan fingerprint density at radius 3 is 2.68 bits per heavy atom. The fourth-order valence-electron chi connectivity index (χ4n) is 1.56. The first-order valence-electron chi connectivity index (χ1n) is 6.23. The highest BCUT2D eigenvalue weighted by atomic mass is 16.1. The summed E-state index contributed by atoms with van der Waals surface area (Å²) < 4.78 is 0. The summed E-state index contributed by atoms with van der Waals surface area (Å²) in [5.41, 5.74) is 2.40. The summed E-state index contributed by atoms with van der Waals surface area (Å²) in [5.74, 6) is -0.352. The van der Waals surface area contributed by atoms with Crippen LogP contribution >= 0.6 is 0 Å². The Morgan fingerprint density at radius 2 is 2.11 bits per heavy atom. The third-order valence-corrected chi connectivity index (χ3v) is 2.59. The Balaban J connectivity index is 2.62. The highest BCUT2D eigenvalue weighted by Crippen LogP contribution is 2.06. The van der Waals surface area contributed by atoms with Crippen molar-refractivity contribution in [2.45, 2.75) is 33.4 Å². The van der Waals surface area contributed by atoms with Gasteiger partial charge in [0, 0.05) is 18.8 Å². The number of carbonyl (C=O) groups is 1. The molecule has 0 fully saturated rings. The smallest absolute Gasteiger partial charge is 0.263 e. The number of nitrogens with zero attached hydrogens (tertiary/aromatic N) is 1. The van der Waals surface area contributed by atoms with Crippen molar-refractivity contribution in [2.24, 2.45) is 0 Å². The predicted molar refractivity (Wildman–Crippen MR) is 75.0 cm³/mol. The molecule has 0 aliphatic heterocycles. The molecule has 2 N–H and O–H groups in total. The molecule has 1 aromatic rings. The van der Waals surface area contributed by atoms with Crippen LogP contribution in [0.4, 0.5) is 0 Å². The average Bonchev–Trinajstić information content (AvgIpc) is 2.35. The highest BCUT2D eigenvalue weighted by Gasteiger charge is 2.09. The van der Waals surface area contributed by atoms with Gasteiger partial charge in [0.25, 0.3) is 5.91 Å². The van der Waals surface area contributed by atoms with Crippen LogP contribution in [0.5, 0.6) is 0 Å². The summed E-state index contributed by atoms with van der Waals surface area (Å²) in [6.07, 6.45) is 1.46. The van der Waals surface area contributed by atoms with E-state index in [4.69, 9.17) is 5.26 Å². The lowest BCUT2D eigenvalue weighted by Crippen LogP contribution is -2.31. The zero-order chi connectivity index (χ0) is 14.3. The van der Waals surface area contributed by atoms with Crippen LogP contribution in [0.1, 0.15) is 25.0 Å². The summed E-state index contributed by atoms with van der Waals surface area (Å²) in [4.78, 5) is 11.7. The van der Waals surface area contributed by atoms with Gasteiger partial charge in [0.1, 0.15) is 11.6 Å². The van der Waals surface area contributed by atoms with Gasteiger partial charge in [0.15, 0.2) is 0 Å². The molecule has 0 atom stereocenters. The Morgan fingerprint density at radius 1 is 1.42 bits per heavy atom.